The third kappa shape index (κ3) is 5.94. The van der Waals surface area contributed by atoms with Gasteiger partial charge in [0.15, 0.2) is 11.5 Å². The number of ether oxygens (including phenoxy) is 3. The number of carbonyl (C=O) groups is 1. The highest BCUT2D eigenvalue weighted by Crippen LogP contribution is 2.35. The summed E-state index contributed by atoms with van der Waals surface area (Å²) in [5, 5.41) is 9.04. The van der Waals surface area contributed by atoms with Gasteiger partial charge in [0.25, 0.3) is 5.91 Å². The minimum Gasteiger partial charge on any atom is -0.488 e. The van der Waals surface area contributed by atoms with Crippen LogP contribution < -0.4 is 19.6 Å². The van der Waals surface area contributed by atoms with Crippen molar-refractivity contribution < 1.29 is 23.4 Å². The van der Waals surface area contributed by atoms with E-state index in [4.69, 9.17) is 19.3 Å². The number of halogens is 1. The number of aromatic nitrogens is 2. The molecule has 1 aromatic heterocycles. The van der Waals surface area contributed by atoms with Crippen LogP contribution >= 0.6 is 0 Å². The Hall–Kier alpha value is -5.44. The van der Waals surface area contributed by atoms with Crippen LogP contribution in [0.15, 0.2) is 108 Å². The number of nitrogens with zero attached hydrogens (tertiary/aromatic N) is 3. The summed E-state index contributed by atoms with van der Waals surface area (Å²) in [5.41, 5.74) is 6.73. The zero-order valence-corrected chi connectivity index (χ0v) is 21.9. The van der Waals surface area contributed by atoms with Crippen LogP contribution in [0.1, 0.15) is 21.5 Å². The van der Waals surface area contributed by atoms with E-state index >= 15 is 0 Å². The van der Waals surface area contributed by atoms with Crippen molar-refractivity contribution in [3.8, 4) is 34.2 Å². The molecule has 5 aromatic rings. The maximum atomic E-state index is 13.2. The summed E-state index contributed by atoms with van der Waals surface area (Å²) in [5.74, 6) is 0.963. The first-order valence-electron chi connectivity index (χ1n) is 13.0. The van der Waals surface area contributed by atoms with Gasteiger partial charge in [-0.1, -0.05) is 42.5 Å². The van der Waals surface area contributed by atoms with Gasteiger partial charge in [-0.15, -0.1) is 0 Å². The maximum Gasteiger partial charge on any atom is 0.275 e. The molecule has 204 valence electrons. The molecule has 0 bridgehead atoms. The van der Waals surface area contributed by atoms with E-state index in [1.54, 1.807) is 47.3 Å². The molecule has 0 atom stereocenters. The Balaban J connectivity index is 1.23. The molecule has 9 heteroatoms. The summed E-state index contributed by atoms with van der Waals surface area (Å²) in [7, 11) is 0. The SMILES string of the molecule is O=C(N/N=C\c1cn(-c2ccccc2)nc1-c1ccc2c(c1)OCCO2)c1ccccc1OCc1ccc(F)cc1. The molecule has 1 aliphatic heterocycles. The number of hydrazone groups is 1. The summed E-state index contributed by atoms with van der Waals surface area (Å²) >= 11 is 0. The molecule has 0 saturated carbocycles. The number of nitrogens with one attached hydrogen (secondary N) is 1. The lowest BCUT2D eigenvalue weighted by molar-refractivity contribution is 0.0950. The van der Waals surface area contributed by atoms with Crippen molar-refractivity contribution in [1.82, 2.24) is 15.2 Å². The van der Waals surface area contributed by atoms with E-state index in [1.807, 2.05) is 54.7 Å². The first kappa shape index (κ1) is 25.8. The van der Waals surface area contributed by atoms with Crippen LogP contribution in [0.4, 0.5) is 4.39 Å². The summed E-state index contributed by atoms with van der Waals surface area (Å²) in [6, 6.07) is 28.2. The standard InChI is InChI=1S/C32H25FN4O4/c33-25-13-10-22(11-14-25)21-41-28-9-5-4-8-27(28)32(38)35-34-19-24-20-37(26-6-2-1-3-7-26)36-31(24)23-12-15-29-30(18-23)40-17-16-39-29/h1-15,18-20H,16-17,21H2,(H,35,38)/b34-19-. The summed E-state index contributed by atoms with van der Waals surface area (Å²) in [6.45, 7) is 1.17. The Kier molecular flexibility index (Phi) is 7.40. The second-order valence-electron chi connectivity index (χ2n) is 9.18. The summed E-state index contributed by atoms with van der Waals surface area (Å²) in [4.78, 5) is 13.0. The lowest BCUT2D eigenvalue weighted by atomic mass is 10.1. The summed E-state index contributed by atoms with van der Waals surface area (Å²) in [6.07, 6.45) is 3.40. The predicted octanol–water partition coefficient (Wildman–Crippen LogP) is 5.79. The van der Waals surface area contributed by atoms with Crippen molar-refractivity contribution in [2.75, 3.05) is 13.2 Å². The van der Waals surface area contributed by atoms with Gasteiger partial charge in [-0.25, -0.2) is 14.5 Å². The Morgan fingerprint density at radius 2 is 1.71 bits per heavy atom. The Morgan fingerprint density at radius 3 is 2.54 bits per heavy atom. The van der Waals surface area contributed by atoms with E-state index in [0.717, 1.165) is 16.8 Å². The van der Waals surface area contributed by atoms with Crippen LogP contribution in [0.5, 0.6) is 17.2 Å². The van der Waals surface area contributed by atoms with E-state index in [1.165, 1.54) is 12.1 Å². The van der Waals surface area contributed by atoms with E-state index in [9.17, 15) is 9.18 Å². The highest BCUT2D eigenvalue weighted by atomic mass is 19.1. The van der Waals surface area contributed by atoms with Crippen LogP contribution in [-0.2, 0) is 6.61 Å². The van der Waals surface area contributed by atoms with Crippen molar-refractivity contribution in [1.29, 1.82) is 0 Å². The number of hydrogen-bond acceptors (Lipinski definition) is 6. The first-order chi connectivity index (χ1) is 20.1. The number of para-hydroxylation sites is 2. The minimum atomic E-state index is -0.438. The van der Waals surface area contributed by atoms with E-state index in [0.29, 0.717) is 47.3 Å². The van der Waals surface area contributed by atoms with Crippen molar-refractivity contribution in [2.45, 2.75) is 6.61 Å². The van der Waals surface area contributed by atoms with Crippen LogP contribution in [0.25, 0.3) is 16.9 Å². The number of carbonyl (C=O) groups excluding carboxylic acids is 1. The number of hydrogen-bond donors (Lipinski definition) is 1. The molecule has 4 aromatic carbocycles. The second-order valence-corrected chi connectivity index (χ2v) is 9.18. The Morgan fingerprint density at radius 1 is 0.951 bits per heavy atom. The topological polar surface area (TPSA) is 87.0 Å². The fourth-order valence-electron chi connectivity index (χ4n) is 4.35. The fourth-order valence-corrected chi connectivity index (χ4v) is 4.35. The smallest absolute Gasteiger partial charge is 0.275 e. The van der Waals surface area contributed by atoms with Gasteiger partial charge < -0.3 is 14.2 Å². The van der Waals surface area contributed by atoms with Gasteiger partial charge in [0, 0.05) is 17.3 Å². The highest BCUT2D eigenvalue weighted by Gasteiger charge is 2.17. The monoisotopic (exact) mass is 548 g/mol. The minimum absolute atomic E-state index is 0.186. The average molecular weight is 549 g/mol. The van der Waals surface area contributed by atoms with Gasteiger partial charge in [0.2, 0.25) is 0 Å². The van der Waals surface area contributed by atoms with Crippen LogP contribution in [-0.4, -0.2) is 35.1 Å². The third-order valence-electron chi connectivity index (χ3n) is 6.39. The van der Waals surface area contributed by atoms with E-state index in [-0.39, 0.29) is 12.4 Å². The molecule has 41 heavy (non-hydrogen) atoms. The van der Waals surface area contributed by atoms with Crippen molar-refractivity contribution in [2.24, 2.45) is 5.10 Å². The average Bonchev–Trinajstić information content (AvgIpc) is 3.45. The lowest BCUT2D eigenvalue weighted by Crippen LogP contribution is -2.18. The van der Waals surface area contributed by atoms with Crippen molar-refractivity contribution in [3.05, 3.63) is 126 Å². The first-order valence-corrected chi connectivity index (χ1v) is 13.0. The molecule has 8 nitrogen and oxygen atoms in total. The Labute approximate surface area is 235 Å². The molecule has 1 N–H and O–H groups in total. The highest BCUT2D eigenvalue weighted by molar-refractivity contribution is 5.98. The molecule has 2 heterocycles. The van der Waals surface area contributed by atoms with Gasteiger partial charge in [-0.05, 0) is 60.2 Å². The molecule has 1 aliphatic rings. The van der Waals surface area contributed by atoms with Gasteiger partial charge >= 0.3 is 0 Å². The molecule has 0 fully saturated rings. The summed E-state index contributed by atoms with van der Waals surface area (Å²) < 4.78 is 32.2. The van der Waals surface area contributed by atoms with Crippen LogP contribution in [0, 0.1) is 5.82 Å². The Bertz CT molecular complexity index is 1700. The van der Waals surface area contributed by atoms with E-state index in [2.05, 4.69) is 10.5 Å². The number of benzene rings is 4. The molecular weight excluding hydrogens is 523 g/mol. The van der Waals surface area contributed by atoms with Crippen molar-refractivity contribution in [3.63, 3.8) is 0 Å². The largest absolute Gasteiger partial charge is 0.488 e. The molecule has 6 rings (SSSR count). The number of fused-ring (bicyclic) bond motifs is 1. The molecule has 0 unspecified atom stereocenters. The third-order valence-corrected chi connectivity index (χ3v) is 6.39. The normalized spacial score (nSPS) is 12.3. The van der Waals surface area contributed by atoms with Gasteiger partial charge in [-0.3, -0.25) is 4.79 Å². The lowest BCUT2D eigenvalue weighted by Gasteiger charge is -2.18. The molecule has 0 aliphatic carbocycles. The van der Waals surface area contributed by atoms with Gasteiger partial charge in [-0.2, -0.15) is 10.2 Å². The fraction of sp³-hybridized carbons (Fsp3) is 0.0938. The van der Waals surface area contributed by atoms with Crippen LogP contribution in [0.2, 0.25) is 0 Å². The number of amides is 1. The molecular formula is C32H25FN4O4. The van der Waals surface area contributed by atoms with Gasteiger partial charge in [0.05, 0.1) is 17.5 Å². The molecule has 0 saturated heterocycles. The van der Waals surface area contributed by atoms with E-state index < -0.39 is 5.91 Å². The number of rotatable bonds is 8. The van der Waals surface area contributed by atoms with Crippen LogP contribution in [0.3, 0.4) is 0 Å². The zero-order valence-electron chi connectivity index (χ0n) is 21.9. The molecule has 1 amide bonds. The van der Waals surface area contributed by atoms with Gasteiger partial charge in [0.1, 0.15) is 37.1 Å². The predicted molar refractivity (Wildman–Crippen MR) is 152 cm³/mol. The zero-order chi connectivity index (χ0) is 28.0. The molecule has 0 spiro atoms. The van der Waals surface area contributed by atoms with Crippen molar-refractivity contribution >= 4 is 12.1 Å². The maximum absolute atomic E-state index is 13.2. The molecule has 0 radical (unpaired) electrons. The quantitative estimate of drug-likeness (QED) is 0.196. The second kappa shape index (κ2) is 11.7.